The first-order valence-electron chi connectivity index (χ1n) is 12.2. The molecule has 2 unspecified atom stereocenters. The Morgan fingerprint density at radius 3 is 1.97 bits per heavy atom. The molecule has 0 amide bonds. The van der Waals surface area contributed by atoms with Crippen molar-refractivity contribution in [3.8, 4) is 0 Å². The number of dihydropyridines is 1. The van der Waals surface area contributed by atoms with E-state index in [1.54, 1.807) is 72.7 Å². The van der Waals surface area contributed by atoms with Gasteiger partial charge in [0.1, 0.15) is 5.60 Å². The van der Waals surface area contributed by atoms with Gasteiger partial charge in [-0.3, -0.25) is 4.79 Å². The molecular weight excluding hydrogens is 422 g/mol. The molecule has 33 heavy (non-hydrogen) atoms. The molecule has 1 heterocycles. The quantitative estimate of drug-likeness (QED) is 0.455. The van der Waals surface area contributed by atoms with Crippen molar-refractivity contribution in [2.24, 2.45) is 0 Å². The molecule has 1 aromatic carbocycles. The number of aryl methyl sites for hydroxylation is 1. The number of carbonyl (C=O) groups is 3. The summed E-state index contributed by atoms with van der Waals surface area (Å²) >= 11 is 0. The van der Waals surface area contributed by atoms with Crippen LogP contribution in [0.1, 0.15) is 74.6 Å². The molecule has 0 aromatic heterocycles. The molecule has 0 spiro atoms. The summed E-state index contributed by atoms with van der Waals surface area (Å²) in [6.07, 6.45) is -2.87. The Morgan fingerprint density at radius 1 is 0.970 bits per heavy atom. The Balaban J connectivity index is 2.69. The van der Waals surface area contributed by atoms with Crippen molar-refractivity contribution in [2.45, 2.75) is 72.8 Å². The summed E-state index contributed by atoms with van der Waals surface area (Å²) in [6, 6.07) is 6.71. The highest BCUT2D eigenvalue weighted by Crippen LogP contribution is 2.40. The lowest BCUT2D eigenvalue weighted by Gasteiger charge is -2.31. The first kappa shape index (κ1) is 23.1. The van der Waals surface area contributed by atoms with Crippen molar-refractivity contribution < 1.29 is 31.3 Å². The van der Waals surface area contributed by atoms with E-state index in [4.69, 9.17) is 17.0 Å². The van der Waals surface area contributed by atoms with Crippen LogP contribution >= 0.6 is 0 Å². The van der Waals surface area contributed by atoms with Crippen LogP contribution in [0, 0.1) is 0 Å². The minimum atomic E-state index is -1.54. The maximum atomic E-state index is 13.1. The zero-order chi connectivity index (χ0) is 26.5. The number of nitrogens with one attached hydrogen (secondary N) is 1. The summed E-state index contributed by atoms with van der Waals surface area (Å²) in [5, 5.41) is 3.07. The zero-order valence-electron chi connectivity index (χ0n) is 22.4. The number of benzene rings is 1. The van der Waals surface area contributed by atoms with E-state index >= 15 is 0 Å². The third-order valence-electron chi connectivity index (χ3n) is 4.86. The van der Waals surface area contributed by atoms with Crippen molar-refractivity contribution in [3.63, 3.8) is 0 Å². The lowest BCUT2D eigenvalue weighted by atomic mass is 9.78. The maximum absolute atomic E-state index is 13.1. The largest absolute Gasteiger partial charge is 0.463 e. The predicted octanol–water partition coefficient (Wildman–Crippen LogP) is 4.32. The molecule has 2 atom stereocenters. The first-order chi connectivity index (χ1) is 16.3. The second-order valence-corrected chi connectivity index (χ2v) is 8.57. The van der Waals surface area contributed by atoms with Gasteiger partial charge in [0.15, 0.2) is 0 Å². The zero-order valence-corrected chi connectivity index (χ0v) is 20.4. The van der Waals surface area contributed by atoms with Gasteiger partial charge in [-0.25, -0.2) is 9.59 Å². The van der Waals surface area contributed by atoms with Gasteiger partial charge in [0.2, 0.25) is 0 Å². The summed E-state index contributed by atoms with van der Waals surface area (Å²) in [4.78, 5) is 38.7. The second kappa shape index (κ2) is 11.2. The van der Waals surface area contributed by atoms with Gasteiger partial charge in [0.25, 0.3) is 0 Å². The SMILES string of the molecule is [3H]C(C(=O)OC(C)(C)C)C([3H])c1ccccc1C1C(C(=O)OCC)=C(C)NC(C)=C1C(=O)OCC. The van der Waals surface area contributed by atoms with Crippen molar-refractivity contribution >= 4 is 17.9 Å². The standard InChI is InChI=1S/C26H35NO6/c1-8-31-24(29)21-16(3)27-17(4)22(25(30)32-9-2)23(21)19-13-11-10-12-18(19)14-15-20(28)33-26(5,6)7/h10-13,23,27H,8-9,14-15H2,1-7H3/i14T,15T. The molecular formula is C26H35NO6. The number of esters is 3. The van der Waals surface area contributed by atoms with Gasteiger partial charge in [-0.05, 0) is 66.0 Å². The van der Waals surface area contributed by atoms with Crippen molar-refractivity contribution in [3.05, 3.63) is 57.9 Å². The van der Waals surface area contributed by atoms with Gasteiger partial charge in [-0.15, -0.1) is 0 Å². The van der Waals surface area contributed by atoms with Crippen LogP contribution in [0.5, 0.6) is 0 Å². The molecule has 7 nitrogen and oxygen atoms in total. The van der Waals surface area contributed by atoms with Crippen LogP contribution in [0.4, 0.5) is 0 Å². The highest BCUT2D eigenvalue weighted by atomic mass is 16.6. The highest BCUT2D eigenvalue weighted by Gasteiger charge is 2.38. The highest BCUT2D eigenvalue weighted by molar-refractivity contribution is 6.00. The Hall–Kier alpha value is -3.09. The molecule has 2 rings (SSSR count). The third-order valence-corrected chi connectivity index (χ3v) is 4.86. The van der Waals surface area contributed by atoms with E-state index < -0.39 is 42.2 Å². The molecule has 0 aliphatic carbocycles. The summed E-state index contributed by atoms with van der Waals surface area (Å²) in [5.74, 6) is -2.96. The Labute approximate surface area is 199 Å². The molecule has 1 aliphatic heterocycles. The summed E-state index contributed by atoms with van der Waals surface area (Å²) in [5.41, 5.74) is 1.39. The second-order valence-electron chi connectivity index (χ2n) is 8.57. The van der Waals surface area contributed by atoms with Crippen LogP contribution in [0.2, 0.25) is 0 Å². The van der Waals surface area contributed by atoms with E-state index in [1.807, 2.05) is 0 Å². The number of allylic oxidation sites excluding steroid dienone is 2. The van der Waals surface area contributed by atoms with Gasteiger partial charge in [-0.1, -0.05) is 24.3 Å². The van der Waals surface area contributed by atoms with Crippen LogP contribution < -0.4 is 5.32 Å². The number of rotatable bonds is 8. The molecule has 1 N–H and O–H groups in total. The van der Waals surface area contributed by atoms with Gasteiger partial charge in [0, 0.05) is 20.5 Å². The molecule has 1 aliphatic rings. The van der Waals surface area contributed by atoms with E-state index in [0.29, 0.717) is 22.5 Å². The fourth-order valence-corrected chi connectivity index (χ4v) is 3.68. The van der Waals surface area contributed by atoms with E-state index in [9.17, 15) is 14.4 Å². The molecule has 0 saturated heterocycles. The Bertz CT molecular complexity index is 1000. The van der Waals surface area contributed by atoms with Crippen molar-refractivity contribution in [1.82, 2.24) is 5.32 Å². The fraction of sp³-hybridized carbons (Fsp3) is 0.500. The van der Waals surface area contributed by atoms with Crippen molar-refractivity contribution in [1.29, 1.82) is 0 Å². The van der Waals surface area contributed by atoms with Crippen LogP contribution in [0.25, 0.3) is 0 Å². The smallest absolute Gasteiger partial charge is 0.336 e. The number of carbonyl (C=O) groups excluding carboxylic acids is 3. The van der Waals surface area contributed by atoms with E-state index in [2.05, 4.69) is 5.32 Å². The molecule has 0 fully saturated rings. The van der Waals surface area contributed by atoms with Crippen LogP contribution in [0.15, 0.2) is 46.8 Å². The summed E-state index contributed by atoms with van der Waals surface area (Å²) in [6.45, 7) is 12.1. The maximum Gasteiger partial charge on any atom is 0.336 e. The lowest BCUT2D eigenvalue weighted by Crippen LogP contribution is -2.33. The molecule has 0 saturated carbocycles. The van der Waals surface area contributed by atoms with Gasteiger partial charge in [0.05, 0.1) is 30.3 Å². The van der Waals surface area contributed by atoms with Gasteiger partial charge >= 0.3 is 17.9 Å². The van der Waals surface area contributed by atoms with Crippen LogP contribution in [-0.4, -0.2) is 36.7 Å². The number of hydrogen-bond acceptors (Lipinski definition) is 7. The van der Waals surface area contributed by atoms with E-state index in [0.717, 1.165) is 0 Å². The molecule has 0 bridgehead atoms. The predicted molar refractivity (Wildman–Crippen MR) is 125 cm³/mol. The van der Waals surface area contributed by atoms with Crippen molar-refractivity contribution in [2.75, 3.05) is 13.2 Å². The van der Waals surface area contributed by atoms with Crippen LogP contribution in [-0.2, 0) is 35.0 Å². The molecule has 1 aromatic rings. The Kier molecular flexibility index (Phi) is 7.81. The monoisotopic (exact) mass is 461 g/mol. The topological polar surface area (TPSA) is 90.9 Å². The normalized spacial score (nSPS) is 17.4. The number of hydrogen-bond donors (Lipinski definition) is 1. The third kappa shape index (κ3) is 6.70. The summed E-state index contributed by atoms with van der Waals surface area (Å²) < 4.78 is 33.1. The van der Waals surface area contributed by atoms with E-state index in [-0.39, 0.29) is 24.4 Å². The van der Waals surface area contributed by atoms with Gasteiger partial charge < -0.3 is 19.5 Å². The Morgan fingerprint density at radius 2 is 1.48 bits per heavy atom. The number of ether oxygens (including phenoxy) is 3. The van der Waals surface area contributed by atoms with Crippen LogP contribution in [0.3, 0.4) is 0 Å². The lowest BCUT2D eigenvalue weighted by molar-refractivity contribution is -0.154. The average molecular weight is 462 g/mol. The fourth-order valence-electron chi connectivity index (χ4n) is 3.68. The molecule has 180 valence electrons. The first-order valence-corrected chi connectivity index (χ1v) is 11.0. The minimum Gasteiger partial charge on any atom is -0.463 e. The minimum absolute atomic E-state index is 0.135. The van der Waals surface area contributed by atoms with Gasteiger partial charge in [-0.2, -0.15) is 0 Å². The summed E-state index contributed by atoms with van der Waals surface area (Å²) in [7, 11) is 0. The molecule has 7 heteroatoms. The van der Waals surface area contributed by atoms with E-state index in [1.165, 1.54) is 0 Å². The molecule has 0 radical (unpaired) electrons. The average Bonchev–Trinajstić information content (AvgIpc) is 2.76.